The zero-order chi connectivity index (χ0) is 11.7. The molecule has 1 aromatic carbocycles. The second-order valence-electron chi connectivity index (χ2n) is 4.90. The van der Waals surface area contributed by atoms with E-state index in [9.17, 15) is 0 Å². The molecule has 2 unspecified atom stereocenters. The summed E-state index contributed by atoms with van der Waals surface area (Å²) in [4.78, 5) is 0. The summed E-state index contributed by atoms with van der Waals surface area (Å²) in [5.41, 5.74) is 5.70. The number of hydrogen-bond donors (Lipinski definition) is 0. The van der Waals surface area contributed by atoms with Crippen molar-refractivity contribution in [3.63, 3.8) is 0 Å². The van der Waals surface area contributed by atoms with Gasteiger partial charge in [-0.15, -0.1) is 0 Å². The average Bonchev–Trinajstić information content (AvgIpc) is 2.27. The van der Waals surface area contributed by atoms with Crippen LogP contribution in [-0.4, -0.2) is 0 Å². The van der Waals surface area contributed by atoms with E-state index < -0.39 is 0 Å². The van der Waals surface area contributed by atoms with Crippen LogP contribution in [0, 0.1) is 25.7 Å². The molecule has 84 valence electrons. The Balaban J connectivity index is 2.48. The molecular formula is C16H20. The van der Waals surface area contributed by atoms with Crippen molar-refractivity contribution in [1.82, 2.24) is 0 Å². The molecule has 0 aliphatic heterocycles. The Morgan fingerprint density at radius 3 is 2.56 bits per heavy atom. The Morgan fingerprint density at radius 2 is 1.81 bits per heavy atom. The van der Waals surface area contributed by atoms with E-state index >= 15 is 0 Å². The second-order valence-corrected chi connectivity index (χ2v) is 4.90. The van der Waals surface area contributed by atoms with Crippen LogP contribution in [0.5, 0.6) is 0 Å². The third-order valence-corrected chi connectivity index (χ3v) is 3.89. The minimum absolute atomic E-state index is 0.616. The van der Waals surface area contributed by atoms with E-state index in [-0.39, 0.29) is 0 Å². The van der Waals surface area contributed by atoms with Crippen LogP contribution < -0.4 is 0 Å². The van der Waals surface area contributed by atoms with E-state index in [1.165, 1.54) is 22.3 Å². The zero-order valence-corrected chi connectivity index (χ0v) is 10.6. The molecule has 2 rings (SSSR count). The van der Waals surface area contributed by atoms with E-state index in [0.717, 1.165) is 0 Å². The lowest BCUT2D eigenvalue weighted by atomic mass is 9.80. The molecule has 0 heteroatoms. The van der Waals surface area contributed by atoms with Crippen LogP contribution in [0.25, 0.3) is 5.57 Å². The molecule has 0 spiro atoms. The highest BCUT2D eigenvalue weighted by Crippen LogP contribution is 2.34. The van der Waals surface area contributed by atoms with Crippen molar-refractivity contribution in [2.75, 3.05) is 0 Å². The van der Waals surface area contributed by atoms with Gasteiger partial charge in [0.1, 0.15) is 0 Å². The quantitative estimate of drug-likeness (QED) is 0.641. The number of rotatable bonds is 1. The maximum absolute atomic E-state index is 2.32. The number of aryl methyl sites for hydroxylation is 1. The summed E-state index contributed by atoms with van der Waals surface area (Å²) < 4.78 is 0. The Kier molecular flexibility index (Phi) is 3.00. The third-order valence-electron chi connectivity index (χ3n) is 3.89. The van der Waals surface area contributed by atoms with Gasteiger partial charge < -0.3 is 0 Å². The van der Waals surface area contributed by atoms with Crippen LogP contribution in [0.15, 0.2) is 36.4 Å². The minimum Gasteiger partial charge on any atom is -0.0811 e. The first kappa shape index (κ1) is 11.2. The summed E-state index contributed by atoms with van der Waals surface area (Å²) in [5, 5.41) is 0. The summed E-state index contributed by atoms with van der Waals surface area (Å²) >= 11 is 0. The first-order chi connectivity index (χ1) is 7.61. The van der Waals surface area contributed by atoms with Crippen LogP contribution in [-0.2, 0) is 0 Å². The van der Waals surface area contributed by atoms with Crippen LogP contribution in [0.3, 0.4) is 0 Å². The fourth-order valence-electron chi connectivity index (χ4n) is 2.34. The Labute approximate surface area is 98.7 Å². The molecule has 0 nitrogen and oxygen atoms in total. The van der Waals surface area contributed by atoms with Gasteiger partial charge >= 0.3 is 0 Å². The van der Waals surface area contributed by atoms with Gasteiger partial charge in [0.15, 0.2) is 0 Å². The molecule has 0 saturated heterocycles. The average molecular weight is 212 g/mol. The summed E-state index contributed by atoms with van der Waals surface area (Å²) in [6.07, 6.45) is 6.76. The molecular weight excluding hydrogens is 192 g/mol. The molecule has 0 aromatic heterocycles. The molecule has 0 fully saturated rings. The van der Waals surface area contributed by atoms with Gasteiger partial charge in [-0.25, -0.2) is 0 Å². The van der Waals surface area contributed by atoms with E-state index in [4.69, 9.17) is 0 Å². The van der Waals surface area contributed by atoms with Gasteiger partial charge in [-0.3, -0.25) is 0 Å². The number of allylic oxidation sites excluding steroid dienone is 4. The predicted molar refractivity (Wildman–Crippen MR) is 71.4 cm³/mol. The van der Waals surface area contributed by atoms with Crippen LogP contribution >= 0.6 is 0 Å². The zero-order valence-electron chi connectivity index (χ0n) is 10.6. The SMILES string of the molecule is Cc1cccc(C2=CC=CC(C)C2C)c1C. The van der Waals surface area contributed by atoms with Gasteiger partial charge in [0.05, 0.1) is 0 Å². The molecule has 0 amide bonds. The van der Waals surface area contributed by atoms with Crippen molar-refractivity contribution < 1.29 is 0 Å². The lowest BCUT2D eigenvalue weighted by Gasteiger charge is -2.25. The van der Waals surface area contributed by atoms with Crippen LogP contribution in [0.4, 0.5) is 0 Å². The van der Waals surface area contributed by atoms with Crippen molar-refractivity contribution in [1.29, 1.82) is 0 Å². The largest absolute Gasteiger partial charge is 0.0811 e. The molecule has 0 radical (unpaired) electrons. The molecule has 2 atom stereocenters. The van der Waals surface area contributed by atoms with Crippen LogP contribution in [0.1, 0.15) is 30.5 Å². The Hall–Kier alpha value is -1.30. The van der Waals surface area contributed by atoms with Crippen molar-refractivity contribution in [2.45, 2.75) is 27.7 Å². The predicted octanol–water partition coefficient (Wildman–Crippen LogP) is 4.53. The van der Waals surface area contributed by atoms with Gasteiger partial charge in [-0.2, -0.15) is 0 Å². The monoisotopic (exact) mass is 212 g/mol. The Morgan fingerprint density at radius 1 is 1.06 bits per heavy atom. The lowest BCUT2D eigenvalue weighted by molar-refractivity contribution is 0.568. The molecule has 1 aliphatic rings. The van der Waals surface area contributed by atoms with E-state index in [1.54, 1.807) is 0 Å². The number of hydrogen-bond acceptors (Lipinski definition) is 0. The minimum atomic E-state index is 0.616. The molecule has 1 aliphatic carbocycles. The first-order valence-electron chi connectivity index (χ1n) is 6.06. The topological polar surface area (TPSA) is 0 Å². The van der Waals surface area contributed by atoms with E-state index in [0.29, 0.717) is 11.8 Å². The Bertz CT molecular complexity index is 449. The standard InChI is InChI=1S/C16H20/c1-11-7-5-9-15(13(11)3)16-10-6-8-12(2)14(16)4/h5-11,13H,1-4H3. The highest BCUT2D eigenvalue weighted by atomic mass is 14.2. The molecule has 0 saturated carbocycles. The summed E-state index contributed by atoms with van der Waals surface area (Å²) in [7, 11) is 0. The van der Waals surface area contributed by atoms with Gasteiger partial charge in [0.25, 0.3) is 0 Å². The molecule has 16 heavy (non-hydrogen) atoms. The van der Waals surface area contributed by atoms with Crippen molar-refractivity contribution in [3.8, 4) is 0 Å². The highest BCUT2D eigenvalue weighted by Gasteiger charge is 2.19. The molecule has 0 bridgehead atoms. The molecule has 0 N–H and O–H groups in total. The lowest BCUT2D eigenvalue weighted by Crippen LogP contribution is -2.11. The fraction of sp³-hybridized carbons (Fsp3) is 0.375. The van der Waals surface area contributed by atoms with Gasteiger partial charge in [0.2, 0.25) is 0 Å². The smallest absolute Gasteiger partial charge is 0.0124 e. The van der Waals surface area contributed by atoms with Gasteiger partial charge in [-0.05, 0) is 47.9 Å². The highest BCUT2D eigenvalue weighted by molar-refractivity contribution is 5.73. The maximum atomic E-state index is 2.32. The summed E-state index contributed by atoms with van der Waals surface area (Å²) in [6.45, 7) is 9.02. The molecule has 1 aromatic rings. The van der Waals surface area contributed by atoms with Crippen molar-refractivity contribution in [2.24, 2.45) is 11.8 Å². The van der Waals surface area contributed by atoms with E-state index in [2.05, 4.69) is 64.1 Å². The van der Waals surface area contributed by atoms with Crippen LogP contribution in [0.2, 0.25) is 0 Å². The van der Waals surface area contributed by atoms with Crippen molar-refractivity contribution in [3.05, 3.63) is 53.1 Å². The number of benzene rings is 1. The van der Waals surface area contributed by atoms with E-state index in [1.807, 2.05) is 0 Å². The third kappa shape index (κ3) is 1.84. The van der Waals surface area contributed by atoms with Gasteiger partial charge in [0, 0.05) is 0 Å². The summed E-state index contributed by atoms with van der Waals surface area (Å²) in [6, 6.07) is 6.59. The second kappa shape index (κ2) is 4.29. The first-order valence-corrected chi connectivity index (χ1v) is 6.06. The summed E-state index contributed by atoms with van der Waals surface area (Å²) in [5.74, 6) is 1.26. The fourth-order valence-corrected chi connectivity index (χ4v) is 2.34. The van der Waals surface area contributed by atoms with Gasteiger partial charge in [-0.1, -0.05) is 50.3 Å². The maximum Gasteiger partial charge on any atom is -0.0124 e. The normalized spacial score (nSPS) is 24.4. The van der Waals surface area contributed by atoms with Crippen molar-refractivity contribution >= 4 is 5.57 Å². The molecule has 0 heterocycles.